The van der Waals surface area contributed by atoms with Gasteiger partial charge in [0.2, 0.25) is 0 Å². The van der Waals surface area contributed by atoms with Crippen molar-refractivity contribution in [1.29, 1.82) is 0 Å². The Morgan fingerprint density at radius 1 is 1.21 bits per heavy atom. The summed E-state index contributed by atoms with van der Waals surface area (Å²) in [5.41, 5.74) is 2.09. The molecule has 2 aromatic rings. The van der Waals surface area contributed by atoms with Gasteiger partial charge in [-0.05, 0) is 44.5 Å². The third-order valence-corrected chi connectivity index (χ3v) is 4.87. The molecule has 1 fully saturated rings. The van der Waals surface area contributed by atoms with E-state index in [-0.39, 0.29) is 36.3 Å². The predicted octanol–water partition coefficient (Wildman–Crippen LogP) is 2.91. The summed E-state index contributed by atoms with van der Waals surface area (Å²) in [5, 5.41) is 2.78. The zero-order valence-corrected chi connectivity index (χ0v) is 16.7. The second-order valence-corrected chi connectivity index (χ2v) is 7.41. The van der Waals surface area contributed by atoms with Crippen LogP contribution in [0.25, 0.3) is 0 Å². The summed E-state index contributed by atoms with van der Waals surface area (Å²) < 4.78 is 22.0. The first kappa shape index (κ1) is 20.1. The Kier molecular flexibility index (Phi) is 5.84. The molecule has 1 aliphatic rings. The molecule has 0 aliphatic carbocycles. The van der Waals surface area contributed by atoms with E-state index in [4.69, 9.17) is 4.74 Å². The van der Waals surface area contributed by atoms with Gasteiger partial charge in [0.1, 0.15) is 11.5 Å². The summed E-state index contributed by atoms with van der Waals surface area (Å²) in [7, 11) is 1.71. The number of anilines is 1. The maximum absolute atomic E-state index is 14.7. The Bertz CT molecular complexity index is 883. The van der Waals surface area contributed by atoms with Crippen LogP contribution in [0.5, 0.6) is 0 Å². The number of hydrogen-bond donors (Lipinski definition) is 1. The number of carbonyl (C=O) groups excluding carboxylic acids is 2. The molecule has 6 nitrogen and oxygen atoms in total. The lowest BCUT2D eigenvalue weighted by Gasteiger charge is -2.37. The van der Waals surface area contributed by atoms with Crippen molar-refractivity contribution < 1.29 is 18.7 Å². The minimum Gasteiger partial charge on any atom is -0.372 e. The summed E-state index contributed by atoms with van der Waals surface area (Å²) in [5.74, 6) is -0.722. The number of aromatic nitrogens is 1. The summed E-state index contributed by atoms with van der Waals surface area (Å²) in [4.78, 5) is 25.8. The number of rotatable bonds is 5. The molecule has 7 heteroatoms. The van der Waals surface area contributed by atoms with Gasteiger partial charge in [0, 0.05) is 38.4 Å². The van der Waals surface area contributed by atoms with Crippen molar-refractivity contribution in [2.24, 2.45) is 7.05 Å². The number of benzene rings is 1. The molecule has 1 saturated heterocycles. The maximum atomic E-state index is 14.7. The Hall–Kier alpha value is -2.67. The van der Waals surface area contributed by atoms with Crippen molar-refractivity contribution in [1.82, 2.24) is 9.88 Å². The topological polar surface area (TPSA) is 63.6 Å². The highest BCUT2D eigenvalue weighted by atomic mass is 19.1. The average Bonchev–Trinajstić information content (AvgIpc) is 3.01. The molecule has 1 aliphatic heterocycles. The van der Waals surface area contributed by atoms with Crippen LogP contribution in [-0.2, 0) is 18.3 Å². The third kappa shape index (κ3) is 4.42. The van der Waals surface area contributed by atoms with E-state index in [0.717, 1.165) is 0 Å². The molecule has 0 saturated carbocycles. The van der Waals surface area contributed by atoms with Crippen LogP contribution >= 0.6 is 0 Å². The van der Waals surface area contributed by atoms with Crippen LogP contribution in [0, 0.1) is 5.82 Å². The monoisotopic (exact) mass is 387 g/mol. The number of ketones is 1. The highest BCUT2D eigenvalue weighted by Gasteiger charge is 2.24. The molecule has 3 rings (SSSR count). The molecular formula is C21H26FN3O3. The van der Waals surface area contributed by atoms with E-state index in [1.165, 1.54) is 13.0 Å². The van der Waals surface area contributed by atoms with Gasteiger partial charge < -0.3 is 19.5 Å². The number of ether oxygens (including phenoxy) is 1. The zero-order valence-electron chi connectivity index (χ0n) is 16.7. The van der Waals surface area contributed by atoms with Crippen molar-refractivity contribution in [2.45, 2.75) is 39.5 Å². The number of nitrogens with zero attached hydrogens (tertiary/aromatic N) is 2. The fourth-order valence-corrected chi connectivity index (χ4v) is 3.55. The molecule has 0 unspecified atom stereocenters. The number of aryl methyl sites for hydroxylation is 1. The smallest absolute Gasteiger partial charge is 0.268 e. The fourth-order valence-electron chi connectivity index (χ4n) is 3.55. The molecule has 2 atom stereocenters. The predicted molar refractivity (Wildman–Crippen MR) is 105 cm³/mol. The van der Waals surface area contributed by atoms with Crippen LogP contribution in [0.4, 0.5) is 10.1 Å². The lowest BCUT2D eigenvalue weighted by atomic mass is 10.1. The Morgan fingerprint density at radius 3 is 2.46 bits per heavy atom. The van der Waals surface area contributed by atoms with Crippen molar-refractivity contribution in [3.8, 4) is 0 Å². The van der Waals surface area contributed by atoms with E-state index in [0.29, 0.717) is 35.6 Å². The van der Waals surface area contributed by atoms with Crippen LogP contribution in [0.1, 0.15) is 47.2 Å². The first-order chi connectivity index (χ1) is 13.2. The SMILES string of the molecule is CC(=O)c1cc(C(=O)NCc2ccc(N3C[C@@H](C)O[C@H](C)C3)c(F)c2)n(C)c1. The van der Waals surface area contributed by atoms with E-state index >= 15 is 0 Å². The highest BCUT2D eigenvalue weighted by Crippen LogP contribution is 2.24. The first-order valence-corrected chi connectivity index (χ1v) is 9.39. The van der Waals surface area contributed by atoms with Gasteiger partial charge in [0.15, 0.2) is 5.78 Å². The molecule has 1 aromatic heterocycles. The van der Waals surface area contributed by atoms with Crippen molar-refractivity contribution >= 4 is 17.4 Å². The van der Waals surface area contributed by atoms with Gasteiger partial charge >= 0.3 is 0 Å². The van der Waals surface area contributed by atoms with E-state index in [1.807, 2.05) is 24.8 Å². The first-order valence-electron chi connectivity index (χ1n) is 9.39. The fraction of sp³-hybridized carbons (Fsp3) is 0.429. The van der Waals surface area contributed by atoms with Crippen molar-refractivity contribution in [3.63, 3.8) is 0 Å². The van der Waals surface area contributed by atoms with Crippen molar-refractivity contribution in [3.05, 3.63) is 53.1 Å². The minimum absolute atomic E-state index is 0.0484. The van der Waals surface area contributed by atoms with Gasteiger partial charge in [-0.3, -0.25) is 9.59 Å². The van der Waals surface area contributed by atoms with Gasteiger partial charge in [-0.1, -0.05) is 6.07 Å². The van der Waals surface area contributed by atoms with Gasteiger partial charge in [-0.15, -0.1) is 0 Å². The van der Waals surface area contributed by atoms with E-state index in [1.54, 1.807) is 29.9 Å². The summed E-state index contributed by atoms with van der Waals surface area (Å²) in [6, 6.07) is 6.57. The number of Topliss-reactive ketones (excluding diaryl/α,β-unsaturated/α-hetero) is 1. The van der Waals surface area contributed by atoms with Crippen LogP contribution in [0.2, 0.25) is 0 Å². The molecule has 2 heterocycles. The number of hydrogen-bond acceptors (Lipinski definition) is 4. The van der Waals surface area contributed by atoms with Crippen LogP contribution in [-0.4, -0.2) is 41.6 Å². The molecule has 1 amide bonds. The second-order valence-electron chi connectivity index (χ2n) is 7.41. The number of amides is 1. The summed E-state index contributed by atoms with van der Waals surface area (Å²) in [6.45, 7) is 6.90. The van der Waals surface area contributed by atoms with Gasteiger partial charge in [0.25, 0.3) is 5.91 Å². The Morgan fingerprint density at radius 2 is 1.89 bits per heavy atom. The van der Waals surface area contributed by atoms with Gasteiger partial charge in [-0.25, -0.2) is 4.39 Å². The standard InChI is InChI=1S/C21H26FN3O3/c1-13-10-25(11-14(2)28-13)19-6-5-16(7-18(19)22)9-23-21(27)20-8-17(15(3)26)12-24(20)4/h5-8,12-14H,9-11H2,1-4H3,(H,23,27)/t13-,14-/m1/s1. The zero-order chi connectivity index (χ0) is 20.4. The van der Waals surface area contributed by atoms with E-state index in [2.05, 4.69) is 5.32 Å². The molecule has 0 bridgehead atoms. The lowest BCUT2D eigenvalue weighted by molar-refractivity contribution is -0.00539. The lowest BCUT2D eigenvalue weighted by Crippen LogP contribution is -2.45. The van der Waals surface area contributed by atoms with Gasteiger partial charge in [-0.2, -0.15) is 0 Å². The summed E-state index contributed by atoms with van der Waals surface area (Å²) in [6.07, 6.45) is 1.72. The maximum Gasteiger partial charge on any atom is 0.268 e. The van der Waals surface area contributed by atoms with E-state index in [9.17, 15) is 14.0 Å². The molecule has 28 heavy (non-hydrogen) atoms. The molecule has 1 N–H and O–H groups in total. The number of halogens is 1. The number of carbonyl (C=O) groups is 2. The second kappa shape index (κ2) is 8.14. The third-order valence-electron chi connectivity index (χ3n) is 4.87. The normalized spacial score (nSPS) is 19.5. The molecule has 150 valence electrons. The Balaban J connectivity index is 1.66. The quantitative estimate of drug-likeness (QED) is 0.802. The molecule has 0 radical (unpaired) electrons. The number of nitrogens with one attached hydrogen (secondary N) is 1. The largest absolute Gasteiger partial charge is 0.372 e. The van der Waals surface area contributed by atoms with Crippen LogP contribution < -0.4 is 10.2 Å². The molecule has 1 aromatic carbocycles. The molecule has 0 spiro atoms. The summed E-state index contributed by atoms with van der Waals surface area (Å²) >= 11 is 0. The number of morpholine rings is 1. The van der Waals surface area contributed by atoms with Gasteiger partial charge in [0.05, 0.1) is 17.9 Å². The minimum atomic E-state index is -0.314. The molecular weight excluding hydrogens is 361 g/mol. The van der Waals surface area contributed by atoms with Crippen LogP contribution in [0.3, 0.4) is 0 Å². The van der Waals surface area contributed by atoms with Crippen LogP contribution in [0.15, 0.2) is 30.5 Å². The van der Waals surface area contributed by atoms with Crippen molar-refractivity contribution in [2.75, 3.05) is 18.0 Å². The average molecular weight is 387 g/mol. The Labute approximate surface area is 164 Å². The highest BCUT2D eigenvalue weighted by molar-refractivity contribution is 5.99. The van der Waals surface area contributed by atoms with E-state index < -0.39 is 0 Å².